The number of benzene rings is 2. The van der Waals surface area contributed by atoms with E-state index in [2.05, 4.69) is 11.6 Å². The number of likely N-dealkylation sites (N-methyl/N-ethyl adjacent to an activating group) is 1. The molecule has 1 unspecified atom stereocenters. The molecule has 0 aliphatic carbocycles. The second kappa shape index (κ2) is 9.84. The smallest absolute Gasteiger partial charge is 0.290 e. The van der Waals surface area contributed by atoms with Crippen LogP contribution in [0.5, 0.6) is 5.75 Å². The molecule has 0 bridgehead atoms. The van der Waals surface area contributed by atoms with Gasteiger partial charge in [0, 0.05) is 18.8 Å². The van der Waals surface area contributed by atoms with Crippen molar-refractivity contribution >= 4 is 39.0 Å². The first-order valence-electron chi connectivity index (χ1n) is 12.0. The average molecular weight is 517 g/mol. The first-order chi connectivity index (χ1) is 17.8. The molecule has 9 heteroatoms. The number of amides is 1. The van der Waals surface area contributed by atoms with Crippen molar-refractivity contribution in [2.75, 3.05) is 33.8 Å². The molecule has 190 valence electrons. The minimum atomic E-state index is -0.723. The summed E-state index contributed by atoms with van der Waals surface area (Å²) in [5, 5.41) is 11.0. The number of para-hydroxylation sites is 2. The molecule has 3 heterocycles. The summed E-state index contributed by atoms with van der Waals surface area (Å²) in [6, 6.07) is 14.3. The molecule has 1 aliphatic heterocycles. The standard InChI is InChI=1S/C28H28N4O4S/c1-5-16-36-19-12-10-18(11-13-19)23-22(25(34)27(35)31(23)15-14-30(3)4)24(33)26-17(2)32-21-9-7-6-8-20(21)29-28(32)37-26/h5-13,23,34H,1,14-16H2,2-4H3. The van der Waals surface area contributed by atoms with E-state index in [9.17, 15) is 14.7 Å². The van der Waals surface area contributed by atoms with Gasteiger partial charge in [0.15, 0.2) is 10.7 Å². The van der Waals surface area contributed by atoms with Crippen molar-refractivity contribution in [2.45, 2.75) is 13.0 Å². The van der Waals surface area contributed by atoms with Gasteiger partial charge in [0.2, 0.25) is 5.78 Å². The van der Waals surface area contributed by atoms with Crippen molar-refractivity contribution in [1.29, 1.82) is 0 Å². The highest BCUT2D eigenvalue weighted by Gasteiger charge is 2.44. The molecule has 37 heavy (non-hydrogen) atoms. The molecule has 0 radical (unpaired) electrons. The number of Topliss-reactive ketones (excluding diaryl/α,β-unsaturated/α-hetero) is 1. The Hall–Kier alpha value is -3.95. The minimum Gasteiger partial charge on any atom is -0.503 e. The van der Waals surface area contributed by atoms with E-state index in [1.54, 1.807) is 23.1 Å². The number of rotatable bonds is 9. The number of aryl methyl sites for hydroxylation is 1. The topological polar surface area (TPSA) is 87.4 Å². The van der Waals surface area contributed by atoms with Gasteiger partial charge in [-0.05, 0) is 50.8 Å². The molecule has 1 atom stereocenters. The van der Waals surface area contributed by atoms with Gasteiger partial charge >= 0.3 is 0 Å². The van der Waals surface area contributed by atoms with Gasteiger partial charge in [-0.2, -0.15) is 0 Å². The van der Waals surface area contributed by atoms with E-state index in [0.29, 0.717) is 35.3 Å². The Kier molecular flexibility index (Phi) is 6.57. The maximum absolute atomic E-state index is 14.0. The van der Waals surface area contributed by atoms with Crippen LogP contribution in [0.1, 0.15) is 27.0 Å². The molecular weight excluding hydrogens is 488 g/mol. The number of hydrogen-bond donors (Lipinski definition) is 1. The Morgan fingerprint density at radius 2 is 1.95 bits per heavy atom. The summed E-state index contributed by atoms with van der Waals surface area (Å²) in [5.41, 5.74) is 3.28. The zero-order valence-electron chi connectivity index (χ0n) is 21.0. The highest BCUT2D eigenvalue weighted by molar-refractivity contribution is 7.19. The lowest BCUT2D eigenvalue weighted by molar-refractivity contribution is -0.129. The number of fused-ring (bicyclic) bond motifs is 3. The SMILES string of the molecule is C=CCOc1ccc(C2C(C(=O)c3sc4nc5ccccc5n4c3C)=C(O)C(=O)N2CCN(C)C)cc1. The third-order valence-electron chi connectivity index (χ3n) is 6.49. The Labute approximate surface area is 218 Å². The summed E-state index contributed by atoms with van der Waals surface area (Å²) >= 11 is 1.27. The Bertz CT molecular complexity index is 1550. The first kappa shape index (κ1) is 24.7. The fourth-order valence-corrected chi connectivity index (χ4v) is 5.76. The molecular formula is C28H28N4O4S. The number of carbonyl (C=O) groups excluding carboxylic acids is 2. The van der Waals surface area contributed by atoms with Gasteiger partial charge in [0.05, 0.1) is 27.5 Å². The number of imidazole rings is 1. The molecule has 0 fully saturated rings. The summed E-state index contributed by atoms with van der Waals surface area (Å²) in [4.78, 5) is 36.6. The highest BCUT2D eigenvalue weighted by atomic mass is 32.1. The predicted octanol–water partition coefficient (Wildman–Crippen LogP) is 4.56. The van der Waals surface area contributed by atoms with E-state index in [0.717, 1.165) is 22.3 Å². The molecule has 2 aromatic carbocycles. The molecule has 1 aliphatic rings. The first-order valence-corrected chi connectivity index (χ1v) is 12.8. The average Bonchev–Trinajstić information content (AvgIpc) is 3.50. The zero-order valence-corrected chi connectivity index (χ0v) is 21.8. The van der Waals surface area contributed by atoms with E-state index < -0.39 is 17.7 Å². The predicted molar refractivity (Wildman–Crippen MR) is 144 cm³/mol. The maximum atomic E-state index is 14.0. The van der Waals surface area contributed by atoms with E-state index in [-0.39, 0.29) is 11.4 Å². The Morgan fingerprint density at radius 1 is 1.22 bits per heavy atom. The molecule has 1 N–H and O–H groups in total. The van der Waals surface area contributed by atoms with E-state index in [1.807, 2.05) is 66.7 Å². The van der Waals surface area contributed by atoms with Crippen LogP contribution in [-0.2, 0) is 4.79 Å². The van der Waals surface area contributed by atoms with Crippen molar-refractivity contribution < 1.29 is 19.4 Å². The van der Waals surface area contributed by atoms with Crippen molar-refractivity contribution in [2.24, 2.45) is 0 Å². The van der Waals surface area contributed by atoms with Crippen LogP contribution >= 0.6 is 11.3 Å². The number of ether oxygens (including phenoxy) is 1. The van der Waals surface area contributed by atoms with Crippen LogP contribution in [0.2, 0.25) is 0 Å². The van der Waals surface area contributed by atoms with Crippen LogP contribution in [0.25, 0.3) is 16.0 Å². The zero-order chi connectivity index (χ0) is 26.3. The summed E-state index contributed by atoms with van der Waals surface area (Å²) in [5.74, 6) is -0.772. The van der Waals surface area contributed by atoms with Gasteiger partial charge in [-0.3, -0.25) is 14.0 Å². The summed E-state index contributed by atoms with van der Waals surface area (Å²) < 4.78 is 7.55. The third kappa shape index (κ3) is 4.30. The Morgan fingerprint density at radius 3 is 2.65 bits per heavy atom. The lowest BCUT2D eigenvalue weighted by Crippen LogP contribution is -2.36. The number of aliphatic hydroxyl groups excluding tert-OH is 1. The number of hydrogen-bond acceptors (Lipinski definition) is 7. The molecule has 8 nitrogen and oxygen atoms in total. The second-order valence-electron chi connectivity index (χ2n) is 9.20. The van der Waals surface area contributed by atoms with Crippen molar-refractivity contribution in [1.82, 2.24) is 19.2 Å². The molecule has 0 spiro atoms. The lowest BCUT2D eigenvalue weighted by Gasteiger charge is -2.28. The van der Waals surface area contributed by atoms with Crippen molar-refractivity contribution in [3.05, 3.63) is 88.7 Å². The van der Waals surface area contributed by atoms with Gasteiger partial charge < -0.3 is 19.6 Å². The van der Waals surface area contributed by atoms with Gasteiger partial charge in [-0.25, -0.2) is 4.98 Å². The van der Waals surface area contributed by atoms with Gasteiger partial charge in [-0.15, -0.1) is 0 Å². The molecule has 5 rings (SSSR count). The highest BCUT2D eigenvalue weighted by Crippen LogP contribution is 2.41. The van der Waals surface area contributed by atoms with Crippen LogP contribution in [0.4, 0.5) is 0 Å². The number of aromatic nitrogens is 2. The fraction of sp³-hybridized carbons (Fsp3) is 0.250. The van der Waals surface area contributed by atoms with Gasteiger partial charge in [0.1, 0.15) is 12.4 Å². The van der Waals surface area contributed by atoms with E-state index >= 15 is 0 Å². The van der Waals surface area contributed by atoms with Gasteiger partial charge in [-0.1, -0.05) is 48.3 Å². The number of thiazole rings is 1. The largest absolute Gasteiger partial charge is 0.503 e. The quantitative estimate of drug-likeness (QED) is 0.259. The van der Waals surface area contributed by atoms with E-state index in [1.165, 1.54) is 11.3 Å². The molecule has 2 aromatic heterocycles. The number of ketones is 1. The van der Waals surface area contributed by atoms with Crippen LogP contribution < -0.4 is 4.74 Å². The Balaban J connectivity index is 1.58. The van der Waals surface area contributed by atoms with E-state index in [4.69, 9.17) is 4.74 Å². The van der Waals surface area contributed by atoms with Gasteiger partial charge in [0.25, 0.3) is 5.91 Å². The number of aliphatic hydroxyl groups is 1. The second-order valence-corrected chi connectivity index (χ2v) is 10.2. The number of carbonyl (C=O) groups is 2. The van der Waals surface area contributed by atoms with Crippen LogP contribution in [0, 0.1) is 6.92 Å². The lowest BCUT2D eigenvalue weighted by atomic mass is 9.95. The van der Waals surface area contributed by atoms with Crippen LogP contribution in [0.3, 0.4) is 0 Å². The summed E-state index contributed by atoms with van der Waals surface area (Å²) in [6.45, 7) is 6.83. The van der Waals surface area contributed by atoms with Crippen LogP contribution in [-0.4, -0.2) is 69.8 Å². The maximum Gasteiger partial charge on any atom is 0.290 e. The number of nitrogens with zero attached hydrogens (tertiary/aromatic N) is 4. The molecule has 0 saturated heterocycles. The fourth-order valence-electron chi connectivity index (χ4n) is 4.67. The van der Waals surface area contributed by atoms with Crippen LogP contribution in [0.15, 0.2) is 72.5 Å². The summed E-state index contributed by atoms with van der Waals surface area (Å²) in [6.07, 6.45) is 1.66. The molecule has 0 saturated carbocycles. The summed E-state index contributed by atoms with van der Waals surface area (Å²) in [7, 11) is 3.82. The minimum absolute atomic E-state index is 0.0837. The molecule has 4 aromatic rings. The molecule has 1 amide bonds. The van der Waals surface area contributed by atoms with Crippen molar-refractivity contribution in [3.63, 3.8) is 0 Å². The third-order valence-corrected chi connectivity index (χ3v) is 7.64. The normalized spacial score (nSPS) is 15.9. The monoisotopic (exact) mass is 516 g/mol. The van der Waals surface area contributed by atoms with Crippen molar-refractivity contribution in [3.8, 4) is 5.75 Å².